The molecule has 2 rings (SSSR count). The SMILES string of the molecule is CNc1nc(Nc2ccc(C(N)=O)cc2)ncc1C(F)(F)F. The summed E-state index contributed by atoms with van der Waals surface area (Å²) in [4.78, 5) is 18.3. The molecule has 0 aliphatic rings. The van der Waals surface area contributed by atoms with Gasteiger partial charge in [-0.3, -0.25) is 4.79 Å². The third-order valence-corrected chi connectivity index (χ3v) is 2.76. The summed E-state index contributed by atoms with van der Waals surface area (Å²) in [6.07, 6.45) is -3.85. The number of carbonyl (C=O) groups is 1. The van der Waals surface area contributed by atoms with Crippen molar-refractivity contribution >= 4 is 23.4 Å². The molecule has 2 aromatic rings. The first-order valence-corrected chi connectivity index (χ1v) is 6.10. The number of nitrogens with zero attached hydrogens (tertiary/aromatic N) is 2. The first kappa shape index (κ1) is 15.5. The Labute approximate surface area is 123 Å². The molecular formula is C13H12F3N5O. The van der Waals surface area contributed by atoms with Gasteiger partial charge < -0.3 is 16.4 Å². The van der Waals surface area contributed by atoms with Crippen LogP contribution in [0.4, 0.5) is 30.6 Å². The lowest BCUT2D eigenvalue weighted by Crippen LogP contribution is -2.12. The molecule has 0 bridgehead atoms. The average Bonchev–Trinajstić information content (AvgIpc) is 2.46. The van der Waals surface area contributed by atoms with Gasteiger partial charge in [0.2, 0.25) is 11.9 Å². The van der Waals surface area contributed by atoms with Crippen LogP contribution in [-0.4, -0.2) is 22.9 Å². The van der Waals surface area contributed by atoms with Crippen LogP contribution in [-0.2, 0) is 6.18 Å². The van der Waals surface area contributed by atoms with Crippen LogP contribution < -0.4 is 16.4 Å². The van der Waals surface area contributed by atoms with Crippen molar-refractivity contribution in [2.75, 3.05) is 17.7 Å². The highest BCUT2D eigenvalue weighted by molar-refractivity contribution is 5.93. The van der Waals surface area contributed by atoms with E-state index in [1.165, 1.54) is 19.2 Å². The van der Waals surface area contributed by atoms with Gasteiger partial charge in [0.15, 0.2) is 0 Å². The van der Waals surface area contributed by atoms with Gasteiger partial charge in [-0.2, -0.15) is 18.2 Å². The topological polar surface area (TPSA) is 92.9 Å². The number of anilines is 3. The lowest BCUT2D eigenvalue weighted by Gasteiger charge is -2.12. The molecule has 1 aromatic heterocycles. The van der Waals surface area contributed by atoms with Crippen LogP contribution in [0.3, 0.4) is 0 Å². The van der Waals surface area contributed by atoms with E-state index in [2.05, 4.69) is 20.6 Å². The maximum Gasteiger partial charge on any atom is 0.421 e. The fourth-order valence-electron chi connectivity index (χ4n) is 1.69. The highest BCUT2D eigenvalue weighted by Gasteiger charge is 2.35. The molecular weight excluding hydrogens is 299 g/mol. The van der Waals surface area contributed by atoms with E-state index in [4.69, 9.17) is 5.73 Å². The number of hydrogen-bond donors (Lipinski definition) is 3. The zero-order valence-corrected chi connectivity index (χ0v) is 11.4. The second-order valence-electron chi connectivity index (χ2n) is 4.27. The van der Waals surface area contributed by atoms with Crippen LogP contribution in [0.25, 0.3) is 0 Å². The quantitative estimate of drug-likeness (QED) is 0.806. The number of carbonyl (C=O) groups excluding carboxylic acids is 1. The smallest absolute Gasteiger partial charge is 0.372 e. The minimum absolute atomic E-state index is 0.0100. The lowest BCUT2D eigenvalue weighted by molar-refractivity contribution is -0.137. The molecule has 116 valence electrons. The summed E-state index contributed by atoms with van der Waals surface area (Å²) in [7, 11) is 1.34. The normalized spacial score (nSPS) is 11.1. The molecule has 1 amide bonds. The van der Waals surface area contributed by atoms with Crippen molar-refractivity contribution in [3.05, 3.63) is 41.6 Å². The minimum Gasteiger partial charge on any atom is -0.372 e. The van der Waals surface area contributed by atoms with Gasteiger partial charge in [-0.1, -0.05) is 0 Å². The Balaban J connectivity index is 2.25. The lowest BCUT2D eigenvalue weighted by atomic mass is 10.2. The monoisotopic (exact) mass is 311 g/mol. The predicted octanol–water partition coefficient (Wildman–Crippen LogP) is 2.38. The van der Waals surface area contributed by atoms with Gasteiger partial charge in [0.25, 0.3) is 0 Å². The molecule has 0 aliphatic heterocycles. The summed E-state index contributed by atoms with van der Waals surface area (Å²) in [5, 5.41) is 5.12. The Bertz CT molecular complexity index is 685. The zero-order valence-electron chi connectivity index (χ0n) is 11.4. The highest BCUT2D eigenvalue weighted by Crippen LogP contribution is 2.33. The number of aromatic nitrogens is 2. The van der Waals surface area contributed by atoms with Crippen molar-refractivity contribution < 1.29 is 18.0 Å². The summed E-state index contributed by atoms with van der Waals surface area (Å²) >= 11 is 0. The zero-order chi connectivity index (χ0) is 16.3. The Morgan fingerprint density at radius 3 is 2.36 bits per heavy atom. The van der Waals surface area contributed by atoms with E-state index in [1.54, 1.807) is 12.1 Å². The fraction of sp³-hybridized carbons (Fsp3) is 0.154. The van der Waals surface area contributed by atoms with E-state index < -0.39 is 17.6 Å². The largest absolute Gasteiger partial charge is 0.421 e. The molecule has 4 N–H and O–H groups in total. The molecule has 0 aliphatic carbocycles. The summed E-state index contributed by atoms with van der Waals surface area (Å²) in [6.45, 7) is 0. The number of benzene rings is 1. The average molecular weight is 311 g/mol. The number of rotatable bonds is 4. The minimum atomic E-state index is -4.54. The van der Waals surface area contributed by atoms with Crippen LogP contribution in [0.5, 0.6) is 0 Å². The standard InChI is InChI=1S/C13H12F3N5O/c1-18-11-9(13(14,15)16)6-19-12(21-11)20-8-4-2-7(3-5-8)10(17)22/h2-6H,1H3,(H2,17,22)(H2,18,19,20,21). The van der Waals surface area contributed by atoms with Gasteiger partial charge in [0, 0.05) is 24.5 Å². The van der Waals surface area contributed by atoms with E-state index in [0.29, 0.717) is 17.4 Å². The van der Waals surface area contributed by atoms with Gasteiger partial charge in [-0.15, -0.1) is 0 Å². The number of primary amides is 1. The Hall–Kier alpha value is -2.84. The Morgan fingerprint density at radius 1 is 1.23 bits per heavy atom. The second-order valence-corrected chi connectivity index (χ2v) is 4.27. The Morgan fingerprint density at radius 2 is 1.86 bits per heavy atom. The third-order valence-electron chi connectivity index (χ3n) is 2.76. The van der Waals surface area contributed by atoms with E-state index in [1.807, 2.05) is 0 Å². The first-order valence-electron chi connectivity index (χ1n) is 6.10. The van der Waals surface area contributed by atoms with Crippen molar-refractivity contribution in [3.8, 4) is 0 Å². The number of nitrogens with one attached hydrogen (secondary N) is 2. The predicted molar refractivity (Wildman–Crippen MR) is 74.8 cm³/mol. The van der Waals surface area contributed by atoms with Gasteiger partial charge >= 0.3 is 6.18 Å². The van der Waals surface area contributed by atoms with Crippen LogP contribution in [0.15, 0.2) is 30.5 Å². The number of nitrogens with two attached hydrogens (primary N) is 1. The molecule has 9 heteroatoms. The maximum absolute atomic E-state index is 12.7. The van der Waals surface area contributed by atoms with Gasteiger partial charge in [0.1, 0.15) is 11.4 Å². The number of hydrogen-bond acceptors (Lipinski definition) is 5. The number of alkyl halides is 3. The highest BCUT2D eigenvalue weighted by atomic mass is 19.4. The molecule has 0 saturated carbocycles. The molecule has 0 radical (unpaired) electrons. The molecule has 0 saturated heterocycles. The van der Waals surface area contributed by atoms with Crippen molar-refractivity contribution in [2.24, 2.45) is 5.73 Å². The van der Waals surface area contributed by atoms with Gasteiger partial charge in [0.05, 0.1) is 0 Å². The molecule has 0 fully saturated rings. The summed E-state index contributed by atoms with van der Waals surface area (Å²) in [5.41, 5.74) is 4.98. The van der Waals surface area contributed by atoms with E-state index in [9.17, 15) is 18.0 Å². The summed E-state index contributed by atoms with van der Waals surface area (Å²) in [5.74, 6) is -0.919. The van der Waals surface area contributed by atoms with Crippen LogP contribution in [0, 0.1) is 0 Å². The van der Waals surface area contributed by atoms with Crippen molar-refractivity contribution in [1.29, 1.82) is 0 Å². The molecule has 1 aromatic carbocycles. The van der Waals surface area contributed by atoms with E-state index >= 15 is 0 Å². The molecule has 0 unspecified atom stereocenters. The van der Waals surface area contributed by atoms with Crippen LogP contribution in [0.1, 0.15) is 15.9 Å². The van der Waals surface area contributed by atoms with Gasteiger partial charge in [-0.05, 0) is 24.3 Å². The fourth-order valence-corrected chi connectivity index (χ4v) is 1.69. The first-order chi connectivity index (χ1) is 10.3. The van der Waals surface area contributed by atoms with Crippen molar-refractivity contribution in [3.63, 3.8) is 0 Å². The molecule has 6 nitrogen and oxygen atoms in total. The van der Waals surface area contributed by atoms with Crippen LogP contribution in [0.2, 0.25) is 0 Å². The van der Waals surface area contributed by atoms with Crippen LogP contribution >= 0.6 is 0 Å². The van der Waals surface area contributed by atoms with E-state index in [-0.39, 0.29) is 11.8 Å². The summed E-state index contributed by atoms with van der Waals surface area (Å²) < 4.78 is 38.2. The molecule has 1 heterocycles. The van der Waals surface area contributed by atoms with E-state index in [0.717, 1.165) is 0 Å². The third kappa shape index (κ3) is 3.43. The molecule has 0 spiro atoms. The van der Waals surface area contributed by atoms with Crippen molar-refractivity contribution in [1.82, 2.24) is 9.97 Å². The maximum atomic E-state index is 12.7. The van der Waals surface area contributed by atoms with Crippen molar-refractivity contribution in [2.45, 2.75) is 6.18 Å². The number of amides is 1. The second kappa shape index (κ2) is 5.88. The van der Waals surface area contributed by atoms with Gasteiger partial charge in [-0.25, -0.2) is 4.98 Å². The Kier molecular flexibility index (Phi) is 4.15. The summed E-state index contributed by atoms with van der Waals surface area (Å²) in [6, 6.07) is 6.04. The molecule has 0 atom stereocenters. The number of halogens is 3. The molecule has 22 heavy (non-hydrogen) atoms.